The van der Waals surface area contributed by atoms with Gasteiger partial charge in [-0.25, -0.2) is 9.79 Å². The highest BCUT2D eigenvalue weighted by atomic mass is 16.7. The third kappa shape index (κ3) is 9.56. The Morgan fingerprint density at radius 3 is 2.00 bits per heavy atom. The van der Waals surface area contributed by atoms with Gasteiger partial charge in [-0.15, -0.1) is 0 Å². The molecular formula is C20H39NO3. The van der Waals surface area contributed by atoms with E-state index in [-0.39, 0.29) is 0 Å². The number of nitrogens with zero attached hydrogens (tertiary/aromatic N) is 1. The molecule has 0 radical (unpaired) electrons. The van der Waals surface area contributed by atoms with Gasteiger partial charge in [0.05, 0.1) is 6.54 Å². The molecule has 1 atom stereocenters. The number of unbranched alkanes of at least 4 members (excludes halogenated alkanes) is 5. The summed E-state index contributed by atoms with van der Waals surface area (Å²) >= 11 is 0. The van der Waals surface area contributed by atoms with Gasteiger partial charge in [0, 0.05) is 19.1 Å². The van der Waals surface area contributed by atoms with E-state index in [2.05, 4.69) is 18.8 Å². The molecule has 0 heterocycles. The quantitative estimate of drug-likeness (QED) is 0.149. The molecule has 0 saturated heterocycles. The van der Waals surface area contributed by atoms with Crippen molar-refractivity contribution in [3.8, 4) is 0 Å². The molecule has 0 rings (SSSR count). The van der Waals surface area contributed by atoms with Gasteiger partial charge >= 0.3 is 0 Å². The van der Waals surface area contributed by atoms with E-state index in [1.165, 1.54) is 38.5 Å². The van der Waals surface area contributed by atoms with Gasteiger partial charge in [0.15, 0.2) is 5.79 Å². The summed E-state index contributed by atoms with van der Waals surface area (Å²) in [6, 6.07) is 0. The van der Waals surface area contributed by atoms with E-state index in [0.717, 1.165) is 25.7 Å². The SMILES string of the molecule is CCCCCCCCC(CCCN=C=O)C(CC)(OCC)OCC. The first-order chi connectivity index (χ1) is 11.7. The van der Waals surface area contributed by atoms with Crippen molar-refractivity contribution in [2.45, 2.75) is 97.7 Å². The highest BCUT2D eigenvalue weighted by Gasteiger charge is 2.38. The highest BCUT2D eigenvalue weighted by molar-refractivity contribution is 5.32. The van der Waals surface area contributed by atoms with Gasteiger partial charge in [-0.3, -0.25) is 0 Å². The van der Waals surface area contributed by atoms with Gasteiger partial charge in [0.25, 0.3) is 0 Å². The molecule has 0 aromatic rings. The topological polar surface area (TPSA) is 47.9 Å². The van der Waals surface area contributed by atoms with Gasteiger partial charge in [0.2, 0.25) is 6.08 Å². The average molecular weight is 342 g/mol. The minimum Gasteiger partial charge on any atom is -0.350 e. The van der Waals surface area contributed by atoms with Crippen molar-refractivity contribution in [1.29, 1.82) is 0 Å². The van der Waals surface area contributed by atoms with Crippen LogP contribution in [0.1, 0.15) is 91.9 Å². The molecule has 0 amide bonds. The molecule has 0 spiro atoms. The van der Waals surface area contributed by atoms with Crippen LogP contribution in [0.25, 0.3) is 0 Å². The standard InChI is InChI=1S/C20H39NO3/c1-5-9-10-11-12-13-15-19(16-14-17-21-18-22)20(6-2,23-7-3)24-8-4/h19H,5-17H2,1-4H3. The Labute approximate surface area is 149 Å². The molecule has 1 unspecified atom stereocenters. The van der Waals surface area contributed by atoms with Crippen molar-refractivity contribution in [3.05, 3.63) is 0 Å². The molecule has 4 nitrogen and oxygen atoms in total. The molecule has 0 aromatic heterocycles. The zero-order valence-corrected chi connectivity index (χ0v) is 16.4. The second-order valence-corrected chi connectivity index (χ2v) is 6.40. The zero-order valence-electron chi connectivity index (χ0n) is 16.4. The van der Waals surface area contributed by atoms with E-state index in [4.69, 9.17) is 9.47 Å². The van der Waals surface area contributed by atoms with Crippen LogP contribution in [0.15, 0.2) is 4.99 Å². The molecule has 0 N–H and O–H groups in total. The highest BCUT2D eigenvalue weighted by Crippen LogP contribution is 2.35. The summed E-state index contributed by atoms with van der Waals surface area (Å²) in [4.78, 5) is 14.0. The van der Waals surface area contributed by atoms with Crippen LogP contribution in [0.4, 0.5) is 0 Å². The summed E-state index contributed by atoms with van der Waals surface area (Å²) in [6.07, 6.45) is 13.2. The lowest BCUT2D eigenvalue weighted by Crippen LogP contribution is -2.43. The van der Waals surface area contributed by atoms with Crippen molar-refractivity contribution >= 4 is 6.08 Å². The van der Waals surface area contributed by atoms with Crippen LogP contribution < -0.4 is 0 Å². The molecular weight excluding hydrogens is 302 g/mol. The van der Waals surface area contributed by atoms with E-state index in [1.807, 2.05) is 13.8 Å². The van der Waals surface area contributed by atoms with Crippen LogP contribution in [0, 0.1) is 5.92 Å². The summed E-state index contributed by atoms with van der Waals surface area (Å²) in [5.74, 6) is -0.131. The van der Waals surface area contributed by atoms with E-state index in [0.29, 0.717) is 25.7 Å². The number of carbonyl (C=O) groups excluding carboxylic acids is 1. The van der Waals surface area contributed by atoms with Gasteiger partial charge in [-0.1, -0.05) is 52.4 Å². The van der Waals surface area contributed by atoms with Crippen LogP contribution in [0.5, 0.6) is 0 Å². The van der Waals surface area contributed by atoms with E-state index in [9.17, 15) is 4.79 Å². The van der Waals surface area contributed by atoms with Gasteiger partial charge in [0.1, 0.15) is 0 Å². The largest absolute Gasteiger partial charge is 0.350 e. The maximum atomic E-state index is 10.3. The van der Waals surface area contributed by atoms with Gasteiger partial charge in [-0.2, -0.15) is 0 Å². The lowest BCUT2D eigenvalue weighted by atomic mass is 9.86. The second kappa shape index (κ2) is 15.8. The molecule has 0 saturated carbocycles. The molecule has 4 heteroatoms. The lowest BCUT2D eigenvalue weighted by molar-refractivity contribution is -0.268. The Morgan fingerprint density at radius 2 is 1.46 bits per heavy atom. The number of isocyanates is 1. The normalized spacial score (nSPS) is 12.8. The van der Waals surface area contributed by atoms with E-state index < -0.39 is 5.79 Å². The average Bonchev–Trinajstić information content (AvgIpc) is 2.59. The van der Waals surface area contributed by atoms with E-state index >= 15 is 0 Å². The number of aliphatic imine (C=N–C) groups is 1. The summed E-state index contributed by atoms with van der Waals surface area (Å²) in [6.45, 7) is 10.3. The minimum absolute atomic E-state index is 0.357. The van der Waals surface area contributed by atoms with Crippen LogP contribution in [-0.2, 0) is 14.3 Å². The number of ether oxygens (including phenoxy) is 2. The van der Waals surface area contributed by atoms with Crippen LogP contribution in [0.3, 0.4) is 0 Å². The fraction of sp³-hybridized carbons (Fsp3) is 0.950. The first kappa shape index (κ1) is 23.3. The smallest absolute Gasteiger partial charge is 0.234 e. The Hall–Kier alpha value is -0.700. The lowest BCUT2D eigenvalue weighted by Gasteiger charge is -2.40. The molecule has 0 bridgehead atoms. The third-order valence-electron chi connectivity index (χ3n) is 4.69. The maximum absolute atomic E-state index is 10.3. The van der Waals surface area contributed by atoms with Gasteiger partial charge in [-0.05, 0) is 39.5 Å². The number of hydrogen-bond donors (Lipinski definition) is 0. The Morgan fingerprint density at radius 1 is 0.875 bits per heavy atom. The molecule has 142 valence electrons. The third-order valence-corrected chi connectivity index (χ3v) is 4.69. The van der Waals surface area contributed by atoms with Gasteiger partial charge < -0.3 is 9.47 Å². The summed E-state index contributed by atoms with van der Waals surface area (Å²) in [7, 11) is 0. The van der Waals surface area contributed by atoms with E-state index in [1.54, 1.807) is 6.08 Å². The van der Waals surface area contributed by atoms with Crippen LogP contribution >= 0.6 is 0 Å². The first-order valence-electron chi connectivity index (χ1n) is 10.0. The maximum Gasteiger partial charge on any atom is 0.234 e. The molecule has 24 heavy (non-hydrogen) atoms. The predicted molar refractivity (Wildman–Crippen MR) is 100.0 cm³/mol. The molecule has 0 aliphatic rings. The zero-order chi connectivity index (χ0) is 18.1. The number of hydrogen-bond acceptors (Lipinski definition) is 4. The van der Waals surface area contributed by atoms with Crippen LogP contribution in [0.2, 0.25) is 0 Å². The fourth-order valence-electron chi connectivity index (χ4n) is 3.48. The number of rotatable bonds is 17. The second-order valence-electron chi connectivity index (χ2n) is 6.40. The predicted octanol–water partition coefficient (Wildman–Crippen LogP) is 5.65. The Kier molecular flexibility index (Phi) is 15.3. The Bertz CT molecular complexity index is 321. The van der Waals surface area contributed by atoms with Crippen molar-refractivity contribution < 1.29 is 14.3 Å². The summed E-state index contributed by atoms with van der Waals surface area (Å²) in [5, 5.41) is 0. The van der Waals surface area contributed by atoms with Crippen molar-refractivity contribution in [2.24, 2.45) is 10.9 Å². The molecule has 0 aromatic carbocycles. The Balaban J connectivity index is 4.69. The molecule has 0 aliphatic heterocycles. The van der Waals surface area contributed by atoms with Crippen molar-refractivity contribution in [1.82, 2.24) is 0 Å². The molecule has 0 aliphatic carbocycles. The minimum atomic E-state index is -0.488. The fourth-order valence-corrected chi connectivity index (χ4v) is 3.48. The van der Waals surface area contributed by atoms with Crippen LogP contribution in [-0.4, -0.2) is 31.6 Å². The monoisotopic (exact) mass is 341 g/mol. The molecule has 0 fully saturated rings. The van der Waals surface area contributed by atoms with Crippen molar-refractivity contribution in [2.75, 3.05) is 19.8 Å². The van der Waals surface area contributed by atoms with Crippen molar-refractivity contribution in [3.63, 3.8) is 0 Å². The first-order valence-corrected chi connectivity index (χ1v) is 10.0. The summed E-state index contributed by atoms with van der Waals surface area (Å²) < 4.78 is 12.2. The summed E-state index contributed by atoms with van der Waals surface area (Å²) in [5.41, 5.74) is 0.